The lowest BCUT2D eigenvalue weighted by Crippen LogP contribution is -2.44. The highest BCUT2D eigenvalue weighted by Crippen LogP contribution is 2.34. The molecule has 2 rings (SSSR count). The number of amides is 1. The average molecular weight is 195 g/mol. The molecule has 1 aromatic carbocycles. The van der Waals surface area contributed by atoms with Crippen molar-refractivity contribution in [2.75, 3.05) is 5.32 Å². The minimum Gasteiger partial charge on any atom is -0.448 e. The molecule has 0 aromatic heterocycles. The topological polar surface area (TPSA) is 38.3 Å². The van der Waals surface area contributed by atoms with Gasteiger partial charge in [0.15, 0.2) is 0 Å². The molecule has 74 valence electrons. The fourth-order valence-electron chi connectivity index (χ4n) is 1.32. The molecule has 4 heteroatoms. The molecule has 1 aliphatic rings. The van der Waals surface area contributed by atoms with E-state index in [4.69, 9.17) is 4.74 Å². The van der Waals surface area contributed by atoms with Gasteiger partial charge in [0.1, 0.15) is 5.75 Å². The van der Waals surface area contributed by atoms with Crippen molar-refractivity contribution in [2.45, 2.75) is 19.7 Å². The van der Waals surface area contributed by atoms with Crippen LogP contribution in [0.1, 0.15) is 12.5 Å². The number of carbonyl (C=O) groups is 1. The molecule has 0 spiro atoms. The minimum absolute atomic E-state index is 0.361. The summed E-state index contributed by atoms with van der Waals surface area (Å²) < 4.78 is 18.3. The molecule has 1 aromatic rings. The summed E-state index contributed by atoms with van der Waals surface area (Å²) in [6, 6.07) is 5.18. The number of halogens is 1. The second kappa shape index (κ2) is 2.70. The number of ether oxygens (including phenoxy) is 1. The Morgan fingerprint density at radius 3 is 2.93 bits per heavy atom. The molecule has 1 heterocycles. The minimum atomic E-state index is -2.28. The maximum Gasteiger partial charge on any atom is 0.324 e. The Labute approximate surface area is 80.9 Å². The Balaban J connectivity index is 2.46. The van der Waals surface area contributed by atoms with Crippen molar-refractivity contribution in [3.63, 3.8) is 0 Å². The fraction of sp³-hybridized carbons (Fsp3) is 0.300. The summed E-state index contributed by atoms with van der Waals surface area (Å²) in [5.74, 6) is -2.68. The number of aryl methyl sites for hydroxylation is 1. The van der Waals surface area contributed by atoms with Crippen molar-refractivity contribution >= 4 is 11.6 Å². The molecular weight excluding hydrogens is 185 g/mol. The van der Waals surface area contributed by atoms with E-state index in [1.807, 2.05) is 6.92 Å². The SMILES string of the molecule is Cc1ccc2c(c1)NC(=O)C(C)(F)O2. The van der Waals surface area contributed by atoms with E-state index in [1.165, 1.54) is 0 Å². The molecule has 1 atom stereocenters. The molecule has 1 aliphatic heterocycles. The number of hydrogen-bond acceptors (Lipinski definition) is 2. The summed E-state index contributed by atoms with van der Waals surface area (Å²) in [7, 11) is 0. The Morgan fingerprint density at radius 1 is 1.50 bits per heavy atom. The van der Waals surface area contributed by atoms with Crippen molar-refractivity contribution in [2.24, 2.45) is 0 Å². The summed E-state index contributed by atoms with van der Waals surface area (Å²) in [5, 5.41) is 2.45. The van der Waals surface area contributed by atoms with Crippen LogP contribution < -0.4 is 10.1 Å². The van der Waals surface area contributed by atoms with Gasteiger partial charge in [-0.3, -0.25) is 4.79 Å². The van der Waals surface area contributed by atoms with Gasteiger partial charge < -0.3 is 10.1 Å². The first-order chi connectivity index (χ1) is 6.49. The zero-order valence-corrected chi connectivity index (χ0v) is 7.93. The third kappa shape index (κ3) is 1.32. The van der Waals surface area contributed by atoms with E-state index in [9.17, 15) is 9.18 Å². The number of benzene rings is 1. The highest BCUT2D eigenvalue weighted by atomic mass is 19.2. The van der Waals surface area contributed by atoms with Gasteiger partial charge in [0.05, 0.1) is 5.69 Å². The molecular formula is C10H10FNO2. The largest absolute Gasteiger partial charge is 0.448 e. The number of hydrogen-bond donors (Lipinski definition) is 1. The van der Waals surface area contributed by atoms with Crippen LogP contribution in [0.2, 0.25) is 0 Å². The average Bonchev–Trinajstić information content (AvgIpc) is 2.08. The molecule has 0 bridgehead atoms. The Morgan fingerprint density at radius 2 is 2.21 bits per heavy atom. The predicted octanol–water partition coefficient (Wildman–Crippen LogP) is 2.01. The van der Waals surface area contributed by atoms with Gasteiger partial charge in [-0.15, -0.1) is 0 Å². The van der Waals surface area contributed by atoms with Gasteiger partial charge in [0, 0.05) is 6.92 Å². The molecule has 0 aliphatic carbocycles. The maximum absolute atomic E-state index is 13.4. The smallest absolute Gasteiger partial charge is 0.324 e. The molecule has 0 saturated heterocycles. The van der Waals surface area contributed by atoms with Crippen molar-refractivity contribution < 1.29 is 13.9 Å². The highest BCUT2D eigenvalue weighted by molar-refractivity contribution is 5.99. The lowest BCUT2D eigenvalue weighted by Gasteiger charge is -2.28. The van der Waals surface area contributed by atoms with E-state index < -0.39 is 11.8 Å². The van der Waals surface area contributed by atoms with Crippen LogP contribution in [-0.2, 0) is 4.79 Å². The number of anilines is 1. The number of fused-ring (bicyclic) bond motifs is 1. The van der Waals surface area contributed by atoms with E-state index >= 15 is 0 Å². The van der Waals surface area contributed by atoms with Gasteiger partial charge in [-0.25, -0.2) is 0 Å². The number of alkyl halides is 1. The zero-order valence-electron chi connectivity index (χ0n) is 7.93. The van der Waals surface area contributed by atoms with Crippen LogP contribution in [0.4, 0.5) is 10.1 Å². The number of rotatable bonds is 0. The molecule has 1 N–H and O–H groups in total. The van der Waals surface area contributed by atoms with Crippen molar-refractivity contribution in [3.05, 3.63) is 23.8 Å². The zero-order chi connectivity index (χ0) is 10.3. The maximum atomic E-state index is 13.4. The van der Waals surface area contributed by atoms with Gasteiger partial charge in [-0.2, -0.15) is 4.39 Å². The van der Waals surface area contributed by atoms with E-state index in [1.54, 1.807) is 18.2 Å². The second-order valence-electron chi connectivity index (χ2n) is 3.47. The first kappa shape index (κ1) is 8.99. The van der Waals surface area contributed by atoms with Crippen LogP contribution in [0.25, 0.3) is 0 Å². The Kier molecular flexibility index (Phi) is 1.74. The van der Waals surface area contributed by atoms with Gasteiger partial charge in [-0.1, -0.05) is 6.07 Å². The van der Waals surface area contributed by atoms with Crippen molar-refractivity contribution in [1.29, 1.82) is 0 Å². The molecule has 1 amide bonds. The lowest BCUT2D eigenvalue weighted by molar-refractivity contribution is -0.146. The Hall–Kier alpha value is -1.58. The summed E-state index contributed by atoms with van der Waals surface area (Å²) in [4.78, 5) is 11.2. The van der Waals surface area contributed by atoms with Crippen LogP contribution in [0.15, 0.2) is 18.2 Å². The first-order valence-corrected chi connectivity index (χ1v) is 4.29. The molecule has 14 heavy (non-hydrogen) atoms. The predicted molar refractivity (Wildman–Crippen MR) is 49.9 cm³/mol. The van der Waals surface area contributed by atoms with Gasteiger partial charge in [-0.05, 0) is 24.6 Å². The van der Waals surface area contributed by atoms with E-state index in [0.717, 1.165) is 12.5 Å². The fourth-order valence-corrected chi connectivity index (χ4v) is 1.32. The molecule has 0 radical (unpaired) electrons. The first-order valence-electron chi connectivity index (χ1n) is 4.29. The quantitative estimate of drug-likeness (QED) is 0.687. The number of nitrogens with one attached hydrogen (secondary N) is 1. The van der Waals surface area contributed by atoms with Crippen molar-refractivity contribution in [3.8, 4) is 5.75 Å². The van der Waals surface area contributed by atoms with Crippen molar-refractivity contribution in [1.82, 2.24) is 0 Å². The summed E-state index contributed by atoms with van der Waals surface area (Å²) in [5.41, 5.74) is 1.50. The summed E-state index contributed by atoms with van der Waals surface area (Å²) >= 11 is 0. The Bertz CT molecular complexity index is 401. The van der Waals surface area contributed by atoms with Crippen LogP contribution in [-0.4, -0.2) is 11.8 Å². The third-order valence-electron chi connectivity index (χ3n) is 2.09. The molecule has 3 nitrogen and oxygen atoms in total. The van der Waals surface area contributed by atoms with Gasteiger partial charge in [0.2, 0.25) is 0 Å². The standard InChI is InChI=1S/C10H10FNO2/c1-6-3-4-8-7(5-6)12-9(13)10(2,11)14-8/h3-5H,1-2H3,(H,12,13). The normalized spacial score (nSPS) is 24.9. The third-order valence-corrected chi connectivity index (χ3v) is 2.09. The van der Waals surface area contributed by atoms with Crippen LogP contribution >= 0.6 is 0 Å². The van der Waals surface area contributed by atoms with Crippen LogP contribution in [0, 0.1) is 6.92 Å². The van der Waals surface area contributed by atoms with E-state index in [-0.39, 0.29) is 0 Å². The molecule has 0 saturated carbocycles. The monoisotopic (exact) mass is 195 g/mol. The highest BCUT2D eigenvalue weighted by Gasteiger charge is 2.40. The van der Waals surface area contributed by atoms with Gasteiger partial charge >= 0.3 is 11.8 Å². The second-order valence-corrected chi connectivity index (χ2v) is 3.47. The van der Waals surface area contributed by atoms with E-state index in [2.05, 4.69) is 5.32 Å². The molecule has 1 unspecified atom stereocenters. The number of carbonyl (C=O) groups excluding carboxylic acids is 1. The molecule has 0 fully saturated rings. The lowest BCUT2D eigenvalue weighted by atomic mass is 10.1. The summed E-state index contributed by atoms with van der Waals surface area (Å²) in [6.45, 7) is 2.97. The van der Waals surface area contributed by atoms with Crippen LogP contribution in [0.3, 0.4) is 0 Å². The van der Waals surface area contributed by atoms with E-state index in [0.29, 0.717) is 11.4 Å². The summed E-state index contributed by atoms with van der Waals surface area (Å²) in [6.07, 6.45) is 0. The van der Waals surface area contributed by atoms with Gasteiger partial charge in [0.25, 0.3) is 0 Å². The van der Waals surface area contributed by atoms with Crippen LogP contribution in [0.5, 0.6) is 5.75 Å².